The van der Waals surface area contributed by atoms with E-state index in [1.54, 1.807) is 20.0 Å². The highest BCUT2D eigenvalue weighted by Gasteiger charge is 2.13. The van der Waals surface area contributed by atoms with Gasteiger partial charge in [-0.05, 0) is 35.0 Å². The number of hydrogen-bond acceptors (Lipinski definition) is 3. The minimum absolute atomic E-state index is 0.109. The highest BCUT2D eigenvalue weighted by atomic mass is 79.9. The molecule has 0 radical (unpaired) electrons. The van der Waals surface area contributed by atoms with Crippen molar-refractivity contribution in [2.75, 3.05) is 0 Å². The van der Waals surface area contributed by atoms with Crippen molar-refractivity contribution < 1.29 is 9.90 Å². The molecule has 0 saturated heterocycles. The fraction of sp³-hybridized carbons (Fsp3) is 0.182. The fourth-order valence-electron chi connectivity index (χ4n) is 1.65. The van der Waals surface area contributed by atoms with E-state index < -0.39 is 5.97 Å². The summed E-state index contributed by atoms with van der Waals surface area (Å²) in [6.45, 7) is 1.63. The average Bonchev–Trinajstić information content (AvgIpc) is 2.25. The molecule has 2 aromatic rings. The molecule has 6 heteroatoms. The average molecular weight is 297 g/mol. The van der Waals surface area contributed by atoms with Crippen molar-refractivity contribution in [3.8, 4) is 0 Å². The molecule has 5 nitrogen and oxygen atoms in total. The van der Waals surface area contributed by atoms with Crippen molar-refractivity contribution in [1.29, 1.82) is 0 Å². The maximum atomic E-state index is 11.7. The molecule has 1 heterocycles. The number of aryl methyl sites for hydroxylation is 2. The van der Waals surface area contributed by atoms with Gasteiger partial charge in [0.15, 0.2) is 0 Å². The minimum Gasteiger partial charge on any atom is -0.478 e. The third kappa shape index (κ3) is 1.84. The maximum absolute atomic E-state index is 11.7. The summed E-state index contributed by atoms with van der Waals surface area (Å²) in [6, 6.07) is 3.04. The number of fused-ring (bicyclic) bond motifs is 1. The molecule has 0 aliphatic heterocycles. The van der Waals surface area contributed by atoms with Crippen LogP contribution in [0.3, 0.4) is 0 Å². The molecule has 1 aromatic carbocycles. The van der Waals surface area contributed by atoms with Gasteiger partial charge in [-0.3, -0.25) is 4.79 Å². The Kier molecular flexibility index (Phi) is 2.74. The molecule has 0 unspecified atom stereocenters. The summed E-state index contributed by atoms with van der Waals surface area (Å²) in [4.78, 5) is 26.8. The molecular weight excluding hydrogens is 288 g/mol. The predicted molar refractivity (Wildman–Crippen MR) is 66.4 cm³/mol. The number of benzene rings is 1. The van der Waals surface area contributed by atoms with E-state index in [0.717, 1.165) is 0 Å². The van der Waals surface area contributed by atoms with E-state index in [1.165, 1.54) is 10.6 Å². The van der Waals surface area contributed by atoms with E-state index in [2.05, 4.69) is 20.9 Å². The molecule has 0 aliphatic carbocycles. The summed E-state index contributed by atoms with van der Waals surface area (Å²) in [5, 5.41) is 9.00. The first-order chi connectivity index (χ1) is 7.91. The van der Waals surface area contributed by atoms with Gasteiger partial charge in [0.05, 0.1) is 16.6 Å². The number of halogens is 1. The molecule has 0 saturated carbocycles. The number of carboxylic acids is 1. The molecule has 0 fully saturated rings. The van der Waals surface area contributed by atoms with Crippen LogP contribution in [0.25, 0.3) is 11.0 Å². The number of nitrogens with zero attached hydrogens (tertiary/aromatic N) is 2. The second-order valence-corrected chi connectivity index (χ2v) is 4.54. The van der Waals surface area contributed by atoms with Crippen LogP contribution >= 0.6 is 15.9 Å². The Balaban J connectivity index is 2.95. The second-order valence-electron chi connectivity index (χ2n) is 3.69. The zero-order chi connectivity index (χ0) is 12.7. The van der Waals surface area contributed by atoms with Crippen LogP contribution in [-0.4, -0.2) is 20.6 Å². The zero-order valence-corrected chi connectivity index (χ0v) is 10.8. The SMILES string of the molecule is Cc1nc2cc(Br)c(C(=O)O)cc2n(C)c1=O. The first-order valence-corrected chi connectivity index (χ1v) is 5.61. The predicted octanol–water partition coefficient (Wildman–Crippen LogP) is 1.70. The Hall–Kier alpha value is -1.69. The van der Waals surface area contributed by atoms with Crippen LogP contribution in [0.5, 0.6) is 0 Å². The van der Waals surface area contributed by atoms with Gasteiger partial charge >= 0.3 is 5.97 Å². The van der Waals surface area contributed by atoms with Crippen LogP contribution in [0.2, 0.25) is 0 Å². The summed E-state index contributed by atoms with van der Waals surface area (Å²) in [5.41, 5.74) is 1.35. The smallest absolute Gasteiger partial charge is 0.336 e. The van der Waals surface area contributed by atoms with Crippen LogP contribution in [0, 0.1) is 6.92 Å². The number of aromatic carboxylic acids is 1. The monoisotopic (exact) mass is 296 g/mol. The van der Waals surface area contributed by atoms with Crippen molar-refractivity contribution in [1.82, 2.24) is 9.55 Å². The summed E-state index contributed by atoms with van der Waals surface area (Å²) in [5.74, 6) is -1.05. The zero-order valence-electron chi connectivity index (χ0n) is 9.19. The molecular formula is C11H9BrN2O3. The Morgan fingerprint density at radius 1 is 1.47 bits per heavy atom. The molecule has 0 aliphatic rings. The quantitative estimate of drug-likeness (QED) is 0.869. The standard InChI is InChI=1S/C11H9BrN2O3/c1-5-10(15)14(2)9-3-6(11(16)17)7(12)4-8(9)13-5/h3-4H,1-2H3,(H,16,17). The molecule has 0 spiro atoms. The van der Waals surface area contributed by atoms with Gasteiger partial charge in [0.1, 0.15) is 5.69 Å². The summed E-state index contributed by atoms with van der Waals surface area (Å²) in [7, 11) is 1.60. The van der Waals surface area contributed by atoms with Crippen LogP contribution in [-0.2, 0) is 7.05 Å². The molecule has 2 rings (SSSR count). The van der Waals surface area contributed by atoms with Crippen molar-refractivity contribution in [2.24, 2.45) is 7.05 Å². The Morgan fingerprint density at radius 2 is 2.12 bits per heavy atom. The lowest BCUT2D eigenvalue weighted by Crippen LogP contribution is -2.21. The largest absolute Gasteiger partial charge is 0.478 e. The first-order valence-electron chi connectivity index (χ1n) is 4.82. The normalized spacial score (nSPS) is 10.8. The minimum atomic E-state index is -1.05. The first kappa shape index (κ1) is 11.8. The lowest BCUT2D eigenvalue weighted by Gasteiger charge is -2.08. The van der Waals surface area contributed by atoms with E-state index in [0.29, 0.717) is 21.2 Å². The van der Waals surface area contributed by atoms with Crippen molar-refractivity contribution >= 4 is 32.9 Å². The summed E-state index contributed by atoms with van der Waals surface area (Å²) < 4.78 is 1.85. The molecule has 0 atom stereocenters. The highest BCUT2D eigenvalue weighted by Crippen LogP contribution is 2.22. The third-order valence-corrected chi connectivity index (χ3v) is 3.21. The van der Waals surface area contributed by atoms with Gasteiger partial charge < -0.3 is 9.67 Å². The number of carbonyl (C=O) groups is 1. The van der Waals surface area contributed by atoms with Crippen LogP contribution in [0.4, 0.5) is 0 Å². The van der Waals surface area contributed by atoms with Gasteiger partial charge in [0.2, 0.25) is 0 Å². The van der Waals surface area contributed by atoms with E-state index in [4.69, 9.17) is 5.11 Å². The molecule has 88 valence electrons. The number of carboxylic acid groups (broad SMARTS) is 1. The second kappa shape index (κ2) is 3.96. The van der Waals surface area contributed by atoms with Gasteiger partial charge in [-0.1, -0.05) is 0 Å². The molecule has 1 N–H and O–H groups in total. The van der Waals surface area contributed by atoms with Gasteiger partial charge in [0.25, 0.3) is 5.56 Å². The topological polar surface area (TPSA) is 72.2 Å². The van der Waals surface area contributed by atoms with E-state index in [9.17, 15) is 9.59 Å². The highest BCUT2D eigenvalue weighted by molar-refractivity contribution is 9.10. The van der Waals surface area contributed by atoms with E-state index >= 15 is 0 Å². The van der Waals surface area contributed by atoms with Gasteiger partial charge in [-0.25, -0.2) is 9.78 Å². The maximum Gasteiger partial charge on any atom is 0.336 e. The third-order valence-electron chi connectivity index (χ3n) is 2.56. The van der Waals surface area contributed by atoms with Crippen LogP contribution in [0.15, 0.2) is 21.4 Å². The van der Waals surface area contributed by atoms with Crippen molar-refractivity contribution in [3.05, 3.63) is 38.2 Å². The van der Waals surface area contributed by atoms with E-state index in [1.807, 2.05) is 0 Å². The number of aromatic nitrogens is 2. The summed E-state index contributed by atoms with van der Waals surface area (Å²) in [6.07, 6.45) is 0. The molecule has 1 aromatic heterocycles. The van der Waals surface area contributed by atoms with Crippen LogP contribution in [0.1, 0.15) is 16.1 Å². The van der Waals surface area contributed by atoms with Crippen molar-refractivity contribution in [3.63, 3.8) is 0 Å². The van der Waals surface area contributed by atoms with Gasteiger partial charge in [0, 0.05) is 11.5 Å². The van der Waals surface area contributed by atoms with E-state index in [-0.39, 0.29) is 11.1 Å². The van der Waals surface area contributed by atoms with Crippen molar-refractivity contribution in [2.45, 2.75) is 6.92 Å². The Bertz CT molecular complexity index is 691. The summed E-state index contributed by atoms with van der Waals surface area (Å²) >= 11 is 3.18. The molecule has 0 bridgehead atoms. The lowest BCUT2D eigenvalue weighted by molar-refractivity contribution is 0.0696. The number of hydrogen-bond donors (Lipinski definition) is 1. The van der Waals surface area contributed by atoms with Crippen LogP contribution < -0.4 is 5.56 Å². The molecule has 0 amide bonds. The number of rotatable bonds is 1. The Labute approximate surface area is 105 Å². The van der Waals surface area contributed by atoms with Gasteiger partial charge in [-0.2, -0.15) is 0 Å². The fourth-order valence-corrected chi connectivity index (χ4v) is 2.15. The van der Waals surface area contributed by atoms with Gasteiger partial charge in [-0.15, -0.1) is 0 Å². The Morgan fingerprint density at radius 3 is 2.71 bits per heavy atom. The lowest BCUT2D eigenvalue weighted by atomic mass is 10.2. The molecule has 17 heavy (non-hydrogen) atoms.